The van der Waals surface area contributed by atoms with Crippen molar-refractivity contribution in [2.24, 2.45) is 5.92 Å². The van der Waals surface area contributed by atoms with Gasteiger partial charge in [-0.2, -0.15) is 0 Å². The Bertz CT molecular complexity index is 498. The first-order valence-corrected chi connectivity index (χ1v) is 6.66. The molecule has 0 aliphatic carbocycles. The van der Waals surface area contributed by atoms with Gasteiger partial charge in [0.25, 0.3) is 0 Å². The molecular weight excluding hydrogens is 247 g/mol. The minimum absolute atomic E-state index is 0.00532. The van der Waals surface area contributed by atoms with Crippen molar-refractivity contribution in [3.63, 3.8) is 0 Å². The molecule has 1 aromatic carbocycles. The smallest absolute Gasteiger partial charge is 0.224 e. The van der Waals surface area contributed by atoms with Crippen LogP contribution in [0.25, 0.3) is 0 Å². The van der Waals surface area contributed by atoms with Gasteiger partial charge < -0.3 is 15.4 Å². The van der Waals surface area contributed by atoms with E-state index < -0.39 is 0 Å². The van der Waals surface area contributed by atoms with Crippen molar-refractivity contribution in [1.29, 1.82) is 0 Å². The number of nitrogens with one attached hydrogen (secondary N) is 2. The van der Waals surface area contributed by atoms with Crippen molar-refractivity contribution in [2.45, 2.75) is 19.3 Å². The highest BCUT2D eigenvalue weighted by Gasteiger charge is 2.19. The maximum atomic E-state index is 13.9. The Morgan fingerprint density at radius 1 is 1.42 bits per heavy atom. The molecule has 1 aromatic rings. The number of anilines is 2. The highest BCUT2D eigenvalue weighted by molar-refractivity contribution is 5.94. The van der Waals surface area contributed by atoms with Crippen molar-refractivity contribution in [2.75, 3.05) is 30.4 Å². The van der Waals surface area contributed by atoms with E-state index in [9.17, 15) is 9.18 Å². The Hall–Kier alpha value is -1.62. The second kappa shape index (κ2) is 5.17. The lowest BCUT2D eigenvalue weighted by molar-refractivity contribution is -0.116. The minimum Gasteiger partial charge on any atom is -0.382 e. The summed E-state index contributed by atoms with van der Waals surface area (Å²) in [6.07, 6.45) is 2.05. The van der Waals surface area contributed by atoms with Gasteiger partial charge in [0.05, 0.1) is 12.3 Å². The van der Waals surface area contributed by atoms with Gasteiger partial charge in [-0.3, -0.25) is 4.79 Å². The molecule has 0 aromatic heterocycles. The fourth-order valence-corrected chi connectivity index (χ4v) is 2.53. The number of fused-ring (bicyclic) bond motifs is 1. The van der Waals surface area contributed by atoms with Crippen molar-refractivity contribution in [3.05, 3.63) is 23.5 Å². The Morgan fingerprint density at radius 2 is 2.32 bits per heavy atom. The fourth-order valence-electron chi connectivity index (χ4n) is 2.53. The number of rotatable bonds is 3. The quantitative estimate of drug-likeness (QED) is 0.879. The second-order valence-corrected chi connectivity index (χ2v) is 5.15. The summed E-state index contributed by atoms with van der Waals surface area (Å²) in [5.41, 5.74) is 2.04. The number of hydrogen-bond donors (Lipinski definition) is 2. The molecule has 2 aliphatic heterocycles. The maximum absolute atomic E-state index is 13.9. The fraction of sp³-hybridized carbons (Fsp3) is 0.500. The van der Waals surface area contributed by atoms with E-state index in [1.54, 1.807) is 6.07 Å². The number of carbonyl (C=O) groups excluding carboxylic acids is 1. The molecule has 0 saturated carbocycles. The number of halogens is 1. The van der Waals surface area contributed by atoms with Crippen molar-refractivity contribution in [1.82, 2.24) is 0 Å². The van der Waals surface area contributed by atoms with E-state index >= 15 is 0 Å². The predicted octanol–water partition coefficient (Wildman–Crippen LogP) is 2.16. The van der Waals surface area contributed by atoms with E-state index in [1.165, 1.54) is 6.07 Å². The molecule has 0 bridgehead atoms. The van der Waals surface area contributed by atoms with Crippen LogP contribution in [0.15, 0.2) is 12.1 Å². The van der Waals surface area contributed by atoms with E-state index in [-0.39, 0.29) is 11.7 Å². The van der Waals surface area contributed by atoms with Crippen LogP contribution in [0.4, 0.5) is 15.8 Å². The Labute approximate surface area is 111 Å². The summed E-state index contributed by atoms with van der Waals surface area (Å²) in [5.74, 6) is 0.174. The van der Waals surface area contributed by atoms with Crippen LogP contribution in [0, 0.1) is 11.7 Å². The molecule has 4 nitrogen and oxygen atoms in total. The average molecular weight is 264 g/mol. The summed E-state index contributed by atoms with van der Waals surface area (Å²) in [6.45, 7) is 2.22. The van der Waals surface area contributed by atoms with Crippen LogP contribution in [-0.4, -0.2) is 25.7 Å². The van der Waals surface area contributed by atoms with Crippen LogP contribution in [0.1, 0.15) is 18.4 Å². The minimum atomic E-state index is -0.256. The molecule has 5 heteroatoms. The lowest BCUT2D eigenvalue weighted by atomic mass is 10.0. The van der Waals surface area contributed by atoms with Crippen LogP contribution in [-0.2, 0) is 16.0 Å². The molecule has 2 heterocycles. The van der Waals surface area contributed by atoms with Crippen LogP contribution in [0.2, 0.25) is 0 Å². The lowest BCUT2D eigenvalue weighted by Crippen LogP contribution is -2.20. The summed E-state index contributed by atoms with van der Waals surface area (Å²) in [7, 11) is 0. The highest BCUT2D eigenvalue weighted by Crippen LogP contribution is 2.29. The van der Waals surface area contributed by atoms with E-state index in [4.69, 9.17) is 4.74 Å². The van der Waals surface area contributed by atoms with E-state index in [1.807, 2.05) is 0 Å². The molecule has 2 N–H and O–H groups in total. The third-order valence-electron chi connectivity index (χ3n) is 3.69. The van der Waals surface area contributed by atoms with Gasteiger partial charge in [0.15, 0.2) is 0 Å². The Balaban J connectivity index is 1.73. The molecule has 1 unspecified atom stereocenters. The molecule has 3 rings (SSSR count). The van der Waals surface area contributed by atoms with Gasteiger partial charge in [0.1, 0.15) is 5.82 Å². The molecule has 19 heavy (non-hydrogen) atoms. The van der Waals surface area contributed by atoms with Gasteiger partial charge in [-0.25, -0.2) is 4.39 Å². The summed E-state index contributed by atoms with van der Waals surface area (Å²) in [6, 6.07) is 3.21. The van der Waals surface area contributed by atoms with Crippen molar-refractivity contribution < 1.29 is 13.9 Å². The van der Waals surface area contributed by atoms with Crippen LogP contribution >= 0.6 is 0 Å². The summed E-state index contributed by atoms with van der Waals surface area (Å²) in [4.78, 5) is 11.3. The lowest BCUT2D eigenvalue weighted by Gasteiger charge is -2.19. The van der Waals surface area contributed by atoms with Crippen LogP contribution in [0.3, 0.4) is 0 Å². The summed E-state index contributed by atoms with van der Waals surface area (Å²) in [5, 5.41) is 5.90. The van der Waals surface area contributed by atoms with Gasteiger partial charge in [-0.05, 0) is 30.5 Å². The first-order valence-electron chi connectivity index (χ1n) is 6.66. The highest BCUT2D eigenvalue weighted by atomic mass is 19.1. The van der Waals surface area contributed by atoms with Crippen molar-refractivity contribution >= 4 is 17.3 Å². The largest absolute Gasteiger partial charge is 0.382 e. The SMILES string of the molecule is O=C1CCc2cc(F)c(NCC3CCOC3)cc2N1. The third-order valence-corrected chi connectivity index (χ3v) is 3.69. The van der Waals surface area contributed by atoms with Gasteiger partial charge in [0.2, 0.25) is 5.91 Å². The normalized spacial score (nSPS) is 21.9. The topological polar surface area (TPSA) is 50.4 Å². The van der Waals surface area contributed by atoms with E-state index in [2.05, 4.69) is 10.6 Å². The van der Waals surface area contributed by atoms with Crippen molar-refractivity contribution in [3.8, 4) is 0 Å². The molecule has 2 aliphatic rings. The average Bonchev–Trinajstić information content (AvgIpc) is 2.90. The molecule has 1 fully saturated rings. The van der Waals surface area contributed by atoms with Crippen LogP contribution in [0.5, 0.6) is 0 Å². The van der Waals surface area contributed by atoms with E-state index in [0.717, 1.165) is 30.9 Å². The number of amides is 1. The van der Waals surface area contributed by atoms with Gasteiger partial charge in [0, 0.05) is 31.2 Å². The maximum Gasteiger partial charge on any atom is 0.224 e. The Kier molecular flexibility index (Phi) is 3.38. The second-order valence-electron chi connectivity index (χ2n) is 5.15. The zero-order valence-electron chi connectivity index (χ0n) is 10.7. The number of hydrogen-bond acceptors (Lipinski definition) is 3. The van der Waals surface area contributed by atoms with Gasteiger partial charge in [-0.15, -0.1) is 0 Å². The summed E-state index contributed by atoms with van der Waals surface area (Å²) >= 11 is 0. The molecule has 0 spiro atoms. The molecule has 102 valence electrons. The summed E-state index contributed by atoms with van der Waals surface area (Å²) < 4.78 is 19.2. The standard InChI is InChI=1S/C14H17FN2O2/c15-11-5-10-1-2-14(18)17-12(10)6-13(11)16-7-9-3-4-19-8-9/h5-6,9,16H,1-4,7-8H2,(H,17,18). The number of carbonyl (C=O) groups is 1. The first kappa shape index (κ1) is 12.4. The first-order chi connectivity index (χ1) is 9.22. The number of benzene rings is 1. The zero-order chi connectivity index (χ0) is 13.2. The van der Waals surface area contributed by atoms with Crippen LogP contribution < -0.4 is 10.6 Å². The zero-order valence-corrected chi connectivity index (χ0v) is 10.7. The number of aryl methyl sites for hydroxylation is 1. The van der Waals surface area contributed by atoms with E-state index in [0.29, 0.717) is 31.0 Å². The number of ether oxygens (including phenoxy) is 1. The van der Waals surface area contributed by atoms with Gasteiger partial charge in [-0.1, -0.05) is 0 Å². The molecular formula is C14H17FN2O2. The third kappa shape index (κ3) is 2.71. The monoisotopic (exact) mass is 264 g/mol. The Morgan fingerprint density at radius 3 is 3.11 bits per heavy atom. The molecule has 1 amide bonds. The van der Waals surface area contributed by atoms with Gasteiger partial charge >= 0.3 is 0 Å². The molecule has 0 radical (unpaired) electrons. The predicted molar refractivity (Wildman–Crippen MR) is 70.8 cm³/mol. The molecule has 1 saturated heterocycles. The molecule has 1 atom stereocenters.